The van der Waals surface area contributed by atoms with Gasteiger partial charge < -0.3 is 5.73 Å². The van der Waals surface area contributed by atoms with Gasteiger partial charge in [-0.25, -0.2) is 0 Å². The monoisotopic (exact) mass is 248 g/mol. The SMILES string of the molecule is CCCC(N)=NC12CC3CC(C)(CC(C)(C3)C1)C2. The molecule has 4 aliphatic rings. The van der Waals surface area contributed by atoms with Crippen LogP contribution in [0.5, 0.6) is 0 Å². The Morgan fingerprint density at radius 1 is 1.11 bits per heavy atom. The predicted molar refractivity (Wildman–Crippen MR) is 76.7 cm³/mol. The first kappa shape index (κ1) is 12.5. The Labute approximate surface area is 111 Å². The van der Waals surface area contributed by atoms with Crippen molar-refractivity contribution in [2.75, 3.05) is 0 Å². The Hall–Kier alpha value is -0.530. The average Bonchev–Trinajstić information content (AvgIpc) is 2.09. The molecule has 0 heterocycles. The fourth-order valence-electron chi connectivity index (χ4n) is 6.13. The van der Waals surface area contributed by atoms with Gasteiger partial charge >= 0.3 is 0 Å². The van der Waals surface area contributed by atoms with Crippen molar-refractivity contribution in [2.45, 2.75) is 77.7 Å². The van der Waals surface area contributed by atoms with Crippen LogP contribution in [-0.2, 0) is 0 Å². The molecule has 0 aromatic heterocycles. The molecule has 4 rings (SSSR count). The van der Waals surface area contributed by atoms with Gasteiger partial charge in [-0.05, 0) is 61.7 Å². The van der Waals surface area contributed by atoms with Gasteiger partial charge in [-0.2, -0.15) is 0 Å². The lowest BCUT2D eigenvalue weighted by molar-refractivity contribution is -0.104. The molecular weight excluding hydrogens is 220 g/mol. The van der Waals surface area contributed by atoms with Crippen LogP contribution in [0.25, 0.3) is 0 Å². The Kier molecular flexibility index (Phi) is 2.60. The molecule has 18 heavy (non-hydrogen) atoms. The minimum atomic E-state index is 0.210. The largest absolute Gasteiger partial charge is 0.387 e. The third kappa shape index (κ3) is 1.98. The minimum Gasteiger partial charge on any atom is -0.387 e. The van der Waals surface area contributed by atoms with E-state index in [-0.39, 0.29) is 5.54 Å². The first-order valence-corrected chi connectivity index (χ1v) is 7.70. The van der Waals surface area contributed by atoms with Gasteiger partial charge in [0.1, 0.15) is 0 Å². The van der Waals surface area contributed by atoms with Crippen LogP contribution in [0.4, 0.5) is 0 Å². The van der Waals surface area contributed by atoms with E-state index in [1.165, 1.54) is 38.5 Å². The van der Waals surface area contributed by atoms with Crippen molar-refractivity contribution in [2.24, 2.45) is 27.5 Å². The molecule has 4 saturated carbocycles. The van der Waals surface area contributed by atoms with Crippen molar-refractivity contribution in [3.8, 4) is 0 Å². The molecule has 2 N–H and O–H groups in total. The van der Waals surface area contributed by atoms with E-state index in [0.717, 1.165) is 24.6 Å². The third-order valence-electron chi connectivity index (χ3n) is 5.48. The highest BCUT2D eigenvalue weighted by Gasteiger charge is 2.60. The topological polar surface area (TPSA) is 38.4 Å². The van der Waals surface area contributed by atoms with E-state index < -0.39 is 0 Å². The quantitative estimate of drug-likeness (QED) is 0.597. The molecule has 0 aromatic carbocycles. The van der Waals surface area contributed by atoms with Gasteiger partial charge in [0, 0.05) is 6.42 Å². The highest BCUT2D eigenvalue weighted by molar-refractivity contribution is 5.80. The minimum absolute atomic E-state index is 0.210. The average molecular weight is 248 g/mol. The molecule has 102 valence electrons. The van der Waals surface area contributed by atoms with Crippen molar-refractivity contribution in [3.05, 3.63) is 0 Å². The number of nitrogens with zero attached hydrogens (tertiary/aromatic N) is 1. The van der Waals surface area contributed by atoms with Crippen molar-refractivity contribution < 1.29 is 0 Å². The molecule has 0 aliphatic heterocycles. The summed E-state index contributed by atoms with van der Waals surface area (Å²) in [5.74, 6) is 1.82. The van der Waals surface area contributed by atoms with E-state index in [0.29, 0.717) is 10.8 Å². The number of aliphatic imine (C=N–C) groups is 1. The maximum absolute atomic E-state index is 6.14. The molecule has 0 spiro atoms. The van der Waals surface area contributed by atoms with Gasteiger partial charge in [-0.1, -0.05) is 20.8 Å². The lowest BCUT2D eigenvalue weighted by Crippen LogP contribution is -2.58. The van der Waals surface area contributed by atoms with Crippen molar-refractivity contribution in [3.63, 3.8) is 0 Å². The summed E-state index contributed by atoms with van der Waals surface area (Å²) in [4.78, 5) is 5.04. The van der Waals surface area contributed by atoms with Crippen LogP contribution in [0.1, 0.15) is 72.1 Å². The number of hydrogen-bond acceptors (Lipinski definition) is 1. The van der Waals surface area contributed by atoms with Crippen LogP contribution in [-0.4, -0.2) is 11.4 Å². The predicted octanol–water partition coefficient (Wildman–Crippen LogP) is 3.89. The first-order valence-electron chi connectivity index (χ1n) is 7.70. The highest BCUT2D eigenvalue weighted by Crippen LogP contribution is 2.67. The van der Waals surface area contributed by atoms with E-state index in [4.69, 9.17) is 10.7 Å². The second-order valence-electron chi connectivity index (χ2n) is 8.21. The normalized spacial score (nSPS) is 50.8. The number of rotatable bonds is 3. The fourth-order valence-corrected chi connectivity index (χ4v) is 6.13. The van der Waals surface area contributed by atoms with Gasteiger partial charge in [-0.3, -0.25) is 4.99 Å². The van der Waals surface area contributed by atoms with Crippen molar-refractivity contribution in [1.29, 1.82) is 0 Å². The lowest BCUT2D eigenvalue weighted by Gasteiger charge is -2.64. The molecule has 0 radical (unpaired) electrons. The van der Waals surface area contributed by atoms with E-state index in [2.05, 4.69) is 20.8 Å². The van der Waals surface area contributed by atoms with E-state index in [9.17, 15) is 0 Å². The summed E-state index contributed by atoms with van der Waals surface area (Å²) in [6.45, 7) is 7.18. The van der Waals surface area contributed by atoms with Crippen LogP contribution in [0.3, 0.4) is 0 Å². The van der Waals surface area contributed by atoms with Crippen molar-refractivity contribution in [1.82, 2.24) is 0 Å². The van der Waals surface area contributed by atoms with E-state index in [1.807, 2.05) is 0 Å². The molecule has 2 atom stereocenters. The summed E-state index contributed by atoms with van der Waals surface area (Å²) < 4.78 is 0. The van der Waals surface area contributed by atoms with Crippen LogP contribution >= 0.6 is 0 Å². The summed E-state index contributed by atoms with van der Waals surface area (Å²) in [5.41, 5.74) is 7.44. The smallest absolute Gasteiger partial charge is 0.0943 e. The van der Waals surface area contributed by atoms with Crippen LogP contribution in [0, 0.1) is 16.7 Å². The Morgan fingerprint density at radius 2 is 1.72 bits per heavy atom. The fraction of sp³-hybridized carbons (Fsp3) is 0.938. The summed E-state index contributed by atoms with van der Waals surface area (Å²) in [5, 5.41) is 0. The lowest BCUT2D eigenvalue weighted by atomic mass is 9.43. The van der Waals surface area contributed by atoms with Crippen LogP contribution in [0.2, 0.25) is 0 Å². The standard InChI is InChI=1S/C16H28N2/c1-4-5-13(17)18-16-8-12-6-14(2,10-16)9-15(3,7-12)11-16/h12H,4-11H2,1-3H3,(H2,17,18). The van der Waals surface area contributed by atoms with Gasteiger partial charge in [-0.15, -0.1) is 0 Å². The molecule has 2 unspecified atom stereocenters. The Morgan fingerprint density at radius 3 is 2.22 bits per heavy atom. The zero-order chi connectivity index (χ0) is 13.0. The third-order valence-corrected chi connectivity index (χ3v) is 5.48. The van der Waals surface area contributed by atoms with Gasteiger partial charge in [0.25, 0.3) is 0 Å². The number of amidine groups is 1. The van der Waals surface area contributed by atoms with Gasteiger partial charge in [0.2, 0.25) is 0 Å². The zero-order valence-electron chi connectivity index (χ0n) is 12.3. The van der Waals surface area contributed by atoms with E-state index in [1.54, 1.807) is 0 Å². The van der Waals surface area contributed by atoms with E-state index >= 15 is 0 Å². The molecule has 2 heteroatoms. The Balaban J connectivity index is 1.91. The van der Waals surface area contributed by atoms with Crippen LogP contribution in [0.15, 0.2) is 4.99 Å². The molecule has 0 aromatic rings. The second kappa shape index (κ2) is 3.74. The zero-order valence-corrected chi connectivity index (χ0v) is 12.3. The van der Waals surface area contributed by atoms with Crippen LogP contribution < -0.4 is 5.73 Å². The van der Waals surface area contributed by atoms with Gasteiger partial charge in [0.15, 0.2) is 0 Å². The molecular formula is C16H28N2. The summed E-state index contributed by atoms with van der Waals surface area (Å²) in [6, 6.07) is 0. The highest BCUT2D eigenvalue weighted by atomic mass is 15.0. The summed E-state index contributed by atoms with van der Waals surface area (Å²) in [6.07, 6.45) is 10.3. The molecule has 4 aliphatic carbocycles. The summed E-state index contributed by atoms with van der Waals surface area (Å²) in [7, 11) is 0. The molecule has 4 bridgehead atoms. The molecule has 4 fully saturated rings. The summed E-state index contributed by atoms with van der Waals surface area (Å²) >= 11 is 0. The molecule has 2 nitrogen and oxygen atoms in total. The maximum atomic E-state index is 6.14. The maximum Gasteiger partial charge on any atom is 0.0943 e. The van der Waals surface area contributed by atoms with Crippen molar-refractivity contribution >= 4 is 5.84 Å². The molecule has 0 saturated heterocycles. The Bertz CT molecular complexity index is 367. The number of nitrogens with two attached hydrogens (primary N) is 1. The number of hydrogen-bond donors (Lipinski definition) is 1. The molecule has 0 amide bonds. The van der Waals surface area contributed by atoms with Gasteiger partial charge in [0.05, 0.1) is 11.4 Å². The second-order valence-corrected chi connectivity index (χ2v) is 8.21. The first-order chi connectivity index (χ1) is 8.36.